The SMILES string of the molecule is Clc1ccc(C2CC=[NH+]C=C2c2ccc(Br)cc2)cc1. The molecule has 100 valence electrons. The molecule has 0 aromatic heterocycles. The quantitative estimate of drug-likeness (QED) is 0.850. The van der Waals surface area contributed by atoms with E-state index in [1.165, 1.54) is 16.7 Å². The molecule has 20 heavy (non-hydrogen) atoms. The van der Waals surface area contributed by atoms with Gasteiger partial charge in [-0.05, 0) is 35.4 Å². The van der Waals surface area contributed by atoms with Crippen molar-refractivity contribution in [3.8, 4) is 0 Å². The van der Waals surface area contributed by atoms with Gasteiger partial charge in [0.15, 0.2) is 6.20 Å². The Morgan fingerprint density at radius 1 is 1.00 bits per heavy atom. The Morgan fingerprint density at radius 2 is 1.70 bits per heavy atom. The van der Waals surface area contributed by atoms with Gasteiger partial charge in [0.25, 0.3) is 0 Å². The molecule has 0 spiro atoms. The minimum Gasteiger partial charge on any atom is -0.221 e. The van der Waals surface area contributed by atoms with E-state index in [1.54, 1.807) is 0 Å². The highest BCUT2D eigenvalue weighted by molar-refractivity contribution is 9.10. The number of benzene rings is 2. The first kappa shape index (κ1) is 13.6. The Labute approximate surface area is 132 Å². The van der Waals surface area contributed by atoms with E-state index in [1.807, 2.05) is 12.1 Å². The third kappa shape index (κ3) is 2.87. The second kappa shape index (κ2) is 5.94. The lowest BCUT2D eigenvalue weighted by Crippen LogP contribution is -2.63. The molecular weight excluding hydrogens is 334 g/mol. The maximum atomic E-state index is 5.98. The number of halogens is 2. The fourth-order valence-corrected chi connectivity index (χ4v) is 2.89. The second-order valence-corrected chi connectivity index (χ2v) is 6.17. The van der Waals surface area contributed by atoms with Crippen molar-refractivity contribution in [3.63, 3.8) is 0 Å². The Hall–Kier alpha value is -1.38. The van der Waals surface area contributed by atoms with Crippen LogP contribution in [0.25, 0.3) is 5.57 Å². The van der Waals surface area contributed by atoms with E-state index in [4.69, 9.17) is 11.6 Å². The highest BCUT2D eigenvalue weighted by Crippen LogP contribution is 2.35. The molecule has 1 aliphatic rings. The summed E-state index contributed by atoms with van der Waals surface area (Å²) in [7, 11) is 0. The van der Waals surface area contributed by atoms with Crippen LogP contribution in [0.5, 0.6) is 0 Å². The van der Waals surface area contributed by atoms with Crippen molar-refractivity contribution in [1.29, 1.82) is 0 Å². The third-order valence-electron chi connectivity index (χ3n) is 3.54. The summed E-state index contributed by atoms with van der Waals surface area (Å²) in [5.41, 5.74) is 3.84. The molecule has 1 heterocycles. The average molecular weight is 348 g/mol. The van der Waals surface area contributed by atoms with E-state index in [9.17, 15) is 0 Å². The fraction of sp³-hybridized carbons (Fsp3) is 0.118. The third-order valence-corrected chi connectivity index (χ3v) is 4.32. The van der Waals surface area contributed by atoms with Crippen LogP contribution < -0.4 is 4.99 Å². The zero-order chi connectivity index (χ0) is 13.9. The maximum Gasteiger partial charge on any atom is 0.171 e. The highest BCUT2D eigenvalue weighted by atomic mass is 79.9. The van der Waals surface area contributed by atoms with E-state index in [0.717, 1.165) is 15.9 Å². The highest BCUT2D eigenvalue weighted by Gasteiger charge is 2.22. The van der Waals surface area contributed by atoms with Gasteiger partial charge < -0.3 is 0 Å². The summed E-state index contributed by atoms with van der Waals surface area (Å²) < 4.78 is 1.10. The predicted octanol–water partition coefficient (Wildman–Crippen LogP) is 3.78. The van der Waals surface area contributed by atoms with Crippen LogP contribution in [-0.4, -0.2) is 6.21 Å². The first-order chi connectivity index (χ1) is 9.74. The molecule has 0 bridgehead atoms. The van der Waals surface area contributed by atoms with Crippen LogP contribution in [0, 0.1) is 0 Å². The zero-order valence-corrected chi connectivity index (χ0v) is 13.2. The summed E-state index contributed by atoms with van der Waals surface area (Å²) in [5.74, 6) is 0.370. The van der Waals surface area contributed by atoms with Gasteiger partial charge in [-0.1, -0.05) is 51.8 Å². The van der Waals surface area contributed by atoms with Crippen molar-refractivity contribution in [2.75, 3.05) is 0 Å². The van der Waals surface area contributed by atoms with Crippen molar-refractivity contribution in [2.45, 2.75) is 12.3 Å². The molecule has 3 rings (SSSR count). The van der Waals surface area contributed by atoms with Crippen LogP contribution in [0.4, 0.5) is 0 Å². The smallest absolute Gasteiger partial charge is 0.171 e. The molecule has 0 amide bonds. The van der Waals surface area contributed by atoms with E-state index >= 15 is 0 Å². The summed E-state index contributed by atoms with van der Waals surface area (Å²) in [6.45, 7) is 0. The standard InChI is InChI=1S/C17H13BrClN/c18-14-5-1-13(2-6-14)17-11-20-10-9-16(17)12-3-7-15(19)8-4-12/h1-8,10-11,16H,9H2/p+1. The number of hydrogen-bond acceptors (Lipinski definition) is 0. The van der Waals surface area contributed by atoms with Gasteiger partial charge >= 0.3 is 0 Å². The molecule has 1 nitrogen and oxygen atoms in total. The number of allylic oxidation sites excluding steroid dienone is 1. The molecular formula is C17H14BrClN+. The van der Waals surface area contributed by atoms with Crippen LogP contribution in [0.15, 0.2) is 59.2 Å². The number of rotatable bonds is 2. The van der Waals surface area contributed by atoms with Crippen LogP contribution >= 0.6 is 27.5 Å². The minimum atomic E-state index is 0.370. The summed E-state index contributed by atoms with van der Waals surface area (Å²) in [5, 5.41) is 0.779. The average Bonchev–Trinajstić information content (AvgIpc) is 2.49. The Kier molecular flexibility index (Phi) is 4.04. The predicted molar refractivity (Wildman–Crippen MR) is 88.0 cm³/mol. The molecule has 1 atom stereocenters. The summed E-state index contributed by atoms with van der Waals surface area (Å²) in [6.07, 6.45) is 5.16. The Morgan fingerprint density at radius 3 is 2.40 bits per heavy atom. The molecule has 2 aromatic rings. The second-order valence-electron chi connectivity index (χ2n) is 4.82. The van der Waals surface area contributed by atoms with Crippen molar-refractivity contribution < 1.29 is 4.99 Å². The summed E-state index contributed by atoms with van der Waals surface area (Å²) in [4.78, 5) is 3.23. The Balaban J connectivity index is 1.98. The van der Waals surface area contributed by atoms with E-state index in [-0.39, 0.29) is 0 Å². The van der Waals surface area contributed by atoms with Gasteiger partial charge in [-0.25, -0.2) is 4.99 Å². The first-order valence-electron chi connectivity index (χ1n) is 6.53. The van der Waals surface area contributed by atoms with Crippen molar-refractivity contribution in [1.82, 2.24) is 0 Å². The molecule has 0 aliphatic carbocycles. The van der Waals surface area contributed by atoms with Gasteiger partial charge in [-0.2, -0.15) is 0 Å². The van der Waals surface area contributed by atoms with E-state index < -0.39 is 0 Å². The van der Waals surface area contributed by atoms with Crippen LogP contribution in [0.1, 0.15) is 23.5 Å². The first-order valence-corrected chi connectivity index (χ1v) is 7.70. The van der Waals surface area contributed by atoms with Gasteiger partial charge in [0.1, 0.15) is 6.21 Å². The van der Waals surface area contributed by atoms with E-state index in [0.29, 0.717) is 5.92 Å². The lowest BCUT2D eigenvalue weighted by molar-refractivity contribution is -0.369. The van der Waals surface area contributed by atoms with Gasteiger partial charge in [0.2, 0.25) is 0 Å². The van der Waals surface area contributed by atoms with E-state index in [2.05, 4.69) is 69.7 Å². The van der Waals surface area contributed by atoms with Crippen molar-refractivity contribution in [2.24, 2.45) is 0 Å². The fourth-order valence-electron chi connectivity index (χ4n) is 2.50. The number of nitrogens with one attached hydrogen (secondary N) is 1. The molecule has 3 heteroatoms. The molecule has 1 unspecified atom stereocenters. The van der Waals surface area contributed by atoms with Gasteiger partial charge in [-0.15, -0.1) is 0 Å². The molecule has 1 aliphatic heterocycles. The largest absolute Gasteiger partial charge is 0.221 e. The summed E-state index contributed by atoms with van der Waals surface area (Å²) in [6, 6.07) is 16.6. The monoisotopic (exact) mass is 346 g/mol. The maximum absolute atomic E-state index is 5.98. The van der Waals surface area contributed by atoms with Crippen LogP contribution in [-0.2, 0) is 0 Å². The van der Waals surface area contributed by atoms with Crippen molar-refractivity contribution >= 4 is 39.3 Å². The zero-order valence-electron chi connectivity index (χ0n) is 10.8. The normalized spacial score (nSPS) is 17.9. The lowest BCUT2D eigenvalue weighted by atomic mass is 9.84. The summed E-state index contributed by atoms with van der Waals surface area (Å²) >= 11 is 9.46. The molecule has 0 fully saturated rings. The van der Waals surface area contributed by atoms with Gasteiger partial charge in [0.05, 0.1) is 0 Å². The minimum absolute atomic E-state index is 0.370. The van der Waals surface area contributed by atoms with Gasteiger partial charge in [0, 0.05) is 27.4 Å². The lowest BCUT2D eigenvalue weighted by Gasteiger charge is -2.19. The van der Waals surface area contributed by atoms with Crippen LogP contribution in [0.3, 0.4) is 0 Å². The molecule has 1 N–H and O–H groups in total. The molecule has 2 aromatic carbocycles. The van der Waals surface area contributed by atoms with Crippen LogP contribution in [0.2, 0.25) is 5.02 Å². The van der Waals surface area contributed by atoms with Crippen molar-refractivity contribution in [3.05, 3.63) is 75.4 Å². The molecule has 0 radical (unpaired) electrons. The topological polar surface area (TPSA) is 14.0 Å². The van der Waals surface area contributed by atoms with Gasteiger partial charge in [-0.3, -0.25) is 0 Å². The molecule has 0 saturated carbocycles. The number of hydrogen-bond donors (Lipinski definition) is 1. The molecule has 0 saturated heterocycles. The Bertz CT molecular complexity index is 656.